The first-order valence-electron chi connectivity index (χ1n) is 4.21. The van der Waals surface area contributed by atoms with Crippen LogP contribution in [0.3, 0.4) is 0 Å². The van der Waals surface area contributed by atoms with Gasteiger partial charge in [0.1, 0.15) is 0 Å². The maximum Gasteiger partial charge on any atom is 0.418 e. The van der Waals surface area contributed by atoms with E-state index in [1.165, 1.54) is 6.07 Å². The van der Waals surface area contributed by atoms with Gasteiger partial charge in [-0.25, -0.2) is 0 Å². The molecule has 0 heterocycles. The monoisotopic (exact) mass is 373 g/mol. The Morgan fingerprint density at radius 3 is 2.47 bits per heavy atom. The molecule has 0 saturated carbocycles. The number of halogens is 5. The smallest absolute Gasteiger partial charge is 0.293 e. The van der Waals surface area contributed by atoms with Gasteiger partial charge >= 0.3 is 6.18 Å². The fraction of sp³-hybridized carbons (Fsp3) is 0.200. The zero-order valence-corrected chi connectivity index (χ0v) is 11.0. The first-order chi connectivity index (χ1) is 7.81. The van der Waals surface area contributed by atoms with Crippen molar-refractivity contribution in [1.82, 2.24) is 0 Å². The van der Waals surface area contributed by atoms with Crippen molar-refractivity contribution in [2.24, 2.45) is 0 Å². The Morgan fingerprint density at radius 1 is 1.47 bits per heavy atom. The van der Waals surface area contributed by atoms with Gasteiger partial charge in [-0.1, -0.05) is 0 Å². The summed E-state index contributed by atoms with van der Waals surface area (Å²) in [5.74, 6) is -1.41. The highest BCUT2D eigenvalue weighted by Gasteiger charge is 2.38. The molecule has 0 N–H and O–H groups in total. The molecule has 7 heteroatoms. The maximum absolute atomic E-state index is 12.8. The summed E-state index contributed by atoms with van der Waals surface area (Å²) in [7, 11) is 0. The predicted molar refractivity (Wildman–Crippen MR) is 63.9 cm³/mol. The predicted octanol–water partition coefficient (Wildman–Crippen LogP) is 3.60. The molecular weight excluding hydrogens is 369 g/mol. The molecule has 1 aromatic rings. The summed E-state index contributed by atoms with van der Waals surface area (Å²) in [5.41, 5.74) is -2.35. The first kappa shape index (κ1) is 14.3. The first-order valence-corrected chi connectivity index (χ1v) is 5.82. The van der Waals surface area contributed by atoms with Crippen LogP contribution in [0, 0.1) is 14.9 Å². The van der Waals surface area contributed by atoms with Gasteiger partial charge < -0.3 is 0 Å². The Balaban J connectivity index is 3.63. The Kier molecular flexibility index (Phi) is 4.38. The number of ketones is 1. The summed E-state index contributed by atoms with van der Waals surface area (Å²) in [5, 5.41) is 8.69. The van der Waals surface area contributed by atoms with Crippen molar-refractivity contribution in [3.63, 3.8) is 0 Å². The fourth-order valence-electron chi connectivity index (χ4n) is 1.29. The number of carbonyl (C=O) groups is 1. The molecule has 1 rings (SSSR count). The normalized spacial score (nSPS) is 11.1. The van der Waals surface area contributed by atoms with E-state index >= 15 is 0 Å². The van der Waals surface area contributed by atoms with E-state index < -0.39 is 34.5 Å². The minimum absolute atomic E-state index is 0.376. The number of hydrogen-bond acceptors (Lipinski definition) is 2. The molecule has 1 aromatic carbocycles. The van der Waals surface area contributed by atoms with Crippen molar-refractivity contribution >= 4 is 40.0 Å². The van der Waals surface area contributed by atoms with E-state index in [1.54, 1.807) is 22.6 Å². The van der Waals surface area contributed by atoms with Crippen molar-refractivity contribution in [2.45, 2.75) is 6.18 Å². The molecule has 0 aromatic heterocycles. The summed E-state index contributed by atoms with van der Waals surface area (Å²) < 4.78 is 38.7. The second-order valence-electron chi connectivity index (χ2n) is 3.04. The highest BCUT2D eigenvalue weighted by molar-refractivity contribution is 14.1. The molecule has 0 saturated heterocycles. The third-order valence-electron chi connectivity index (χ3n) is 1.93. The molecule has 0 unspecified atom stereocenters. The van der Waals surface area contributed by atoms with Crippen LogP contribution in [0.1, 0.15) is 21.5 Å². The molecule has 0 amide bonds. The lowest BCUT2D eigenvalue weighted by Crippen LogP contribution is -2.16. The molecule has 90 valence electrons. The van der Waals surface area contributed by atoms with Gasteiger partial charge in [0.15, 0.2) is 5.78 Å². The molecule has 0 aliphatic heterocycles. The van der Waals surface area contributed by atoms with E-state index in [0.717, 1.165) is 12.1 Å². The van der Waals surface area contributed by atoms with Gasteiger partial charge in [-0.2, -0.15) is 18.4 Å². The summed E-state index contributed by atoms with van der Waals surface area (Å²) in [6, 6.07) is 3.60. The van der Waals surface area contributed by atoms with E-state index in [1.807, 2.05) is 0 Å². The van der Waals surface area contributed by atoms with Crippen molar-refractivity contribution in [2.75, 3.05) is 5.88 Å². The number of hydrogen-bond donors (Lipinski definition) is 0. The average Bonchev–Trinajstić information content (AvgIpc) is 2.24. The number of nitriles is 1. The van der Waals surface area contributed by atoms with E-state index in [9.17, 15) is 18.0 Å². The van der Waals surface area contributed by atoms with Crippen LogP contribution < -0.4 is 0 Å². The second kappa shape index (κ2) is 5.23. The molecule has 2 nitrogen and oxygen atoms in total. The minimum Gasteiger partial charge on any atom is -0.293 e. The number of Topliss-reactive ketones (excluding diaryl/α,β-unsaturated/α-hetero) is 1. The molecule has 0 aliphatic carbocycles. The van der Waals surface area contributed by atoms with Crippen LogP contribution in [0.5, 0.6) is 0 Å². The van der Waals surface area contributed by atoms with Crippen molar-refractivity contribution in [1.29, 1.82) is 5.26 Å². The summed E-state index contributed by atoms with van der Waals surface area (Å²) in [4.78, 5) is 11.4. The average molecular weight is 373 g/mol. The Labute approximate surface area is 114 Å². The lowest BCUT2D eigenvalue weighted by atomic mass is 9.99. The third kappa shape index (κ3) is 3.10. The van der Waals surface area contributed by atoms with Gasteiger partial charge in [-0.15, -0.1) is 11.6 Å². The van der Waals surface area contributed by atoms with E-state index in [0.29, 0.717) is 3.57 Å². The van der Waals surface area contributed by atoms with E-state index in [2.05, 4.69) is 0 Å². The topological polar surface area (TPSA) is 40.9 Å². The van der Waals surface area contributed by atoms with Gasteiger partial charge in [0, 0.05) is 9.13 Å². The zero-order chi connectivity index (χ0) is 13.2. The third-order valence-corrected chi connectivity index (χ3v) is 2.79. The maximum atomic E-state index is 12.8. The zero-order valence-electron chi connectivity index (χ0n) is 8.11. The van der Waals surface area contributed by atoms with Crippen LogP contribution in [-0.4, -0.2) is 11.7 Å². The fourth-order valence-corrected chi connectivity index (χ4v) is 2.06. The molecule has 0 fully saturated rings. The van der Waals surface area contributed by atoms with Crippen molar-refractivity contribution in [3.05, 3.63) is 32.4 Å². The SMILES string of the molecule is N#Cc1cc(I)cc(C(=O)CCl)c1C(F)(F)F. The van der Waals surface area contributed by atoms with Crippen LogP contribution in [0.15, 0.2) is 12.1 Å². The Bertz CT molecular complexity index is 507. The van der Waals surface area contributed by atoms with E-state index in [-0.39, 0.29) is 0 Å². The molecule has 0 spiro atoms. The second-order valence-corrected chi connectivity index (χ2v) is 4.56. The minimum atomic E-state index is -4.76. The highest BCUT2D eigenvalue weighted by atomic mass is 127. The van der Waals surface area contributed by atoms with E-state index in [4.69, 9.17) is 16.9 Å². The molecule has 0 atom stereocenters. The molecular formula is C10H4ClF3INO. The molecule has 0 aliphatic rings. The lowest BCUT2D eigenvalue weighted by Gasteiger charge is -2.13. The van der Waals surface area contributed by atoms with Gasteiger partial charge in [0.05, 0.1) is 23.1 Å². The molecule has 0 bridgehead atoms. The molecule has 17 heavy (non-hydrogen) atoms. The van der Waals surface area contributed by atoms with Gasteiger partial charge in [-0.05, 0) is 34.7 Å². The number of benzene rings is 1. The van der Waals surface area contributed by atoms with Crippen molar-refractivity contribution in [3.8, 4) is 6.07 Å². The molecule has 0 radical (unpaired) electrons. The lowest BCUT2D eigenvalue weighted by molar-refractivity contribution is -0.138. The van der Waals surface area contributed by atoms with Crippen LogP contribution in [0.2, 0.25) is 0 Å². The van der Waals surface area contributed by atoms with Crippen LogP contribution >= 0.6 is 34.2 Å². The Morgan fingerprint density at radius 2 is 2.06 bits per heavy atom. The summed E-state index contributed by atoms with van der Waals surface area (Å²) in [6.07, 6.45) is -4.76. The number of carbonyl (C=O) groups excluding carboxylic acids is 1. The number of nitrogens with zero attached hydrogens (tertiary/aromatic N) is 1. The highest BCUT2D eigenvalue weighted by Crippen LogP contribution is 2.35. The van der Waals surface area contributed by atoms with Gasteiger partial charge in [-0.3, -0.25) is 4.79 Å². The Hall–Kier alpha value is -0.810. The van der Waals surface area contributed by atoms with Crippen LogP contribution in [0.25, 0.3) is 0 Å². The summed E-state index contributed by atoms with van der Waals surface area (Å²) in [6.45, 7) is 0. The number of alkyl halides is 4. The largest absolute Gasteiger partial charge is 0.418 e. The standard InChI is InChI=1S/C10H4ClF3INO/c11-3-8(17)7-2-6(15)1-5(4-16)9(7)10(12,13)14/h1-2H,3H2. The quantitative estimate of drug-likeness (QED) is 0.451. The van der Waals surface area contributed by atoms with Gasteiger partial charge in [0.25, 0.3) is 0 Å². The number of rotatable bonds is 2. The summed E-state index contributed by atoms with van der Waals surface area (Å²) >= 11 is 6.99. The van der Waals surface area contributed by atoms with Crippen LogP contribution in [0.4, 0.5) is 13.2 Å². The van der Waals surface area contributed by atoms with Crippen LogP contribution in [-0.2, 0) is 6.18 Å². The van der Waals surface area contributed by atoms with Gasteiger partial charge in [0.2, 0.25) is 0 Å². The van der Waals surface area contributed by atoms with Crippen molar-refractivity contribution < 1.29 is 18.0 Å².